The van der Waals surface area contributed by atoms with E-state index in [9.17, 15) is 0 Å². The van der Waals surface area contributed by atoms with E-state index in [4.69, 9.17) is 4.74 Å². The minimum atomic E-state index is 0.589. The Labute approximate surface area is 97.6 Å². The second-order valence-electron chi connectivity index (χ2n) is 3.31. The molecular formula is C12H12BrNO. The molecule has 0 radical (unpaired) electrons. The highest BCUT2D eigenvalue weighted by Gasteiger charge is 2.02. The molecule has 0 fully saturated rings. The molecule has 78 valence electrons. The first-order valence-corrected chi connectivity index (χ1v) is 5.54. The van der Waals surface area contributed by atoms with E-state index < -0.39 is 0 Å². The highest BCUT2D eigenvalue weighted by molar-refractivity contribution is 9.10. The van der Waals surface area contributed by atoms with Gasteiger partial charge < -0.3 is 9.30 Å². The molecule has 1 aromatic carbocycles. The van der Waals surface area contributed by atoms with Gasteiger partial charge in [-0.25, -0.2) is 0 Å². The Kier molecular flexibility index (Phi) is 3.11. The van der Waals surface area contributed by atoms with E-state index in [2.05, 4.69) is 20.5 Å². The van der Waals surface area contributed by atoms with E-state index in [1.54, 1.807) is 0 Å². The van der Waals surface area contributed by atoms with Crippen LogP contribution in [0.1, 0.15) is 5.69 Å². The van der Waals surface area contributed by atoms with E-state index in [1.165, 1.54) is 0 Å². The fourth-order valence-electron chi connectivity index (χ4n) is 1.34. The standard InChI is InChI=1S/C12H12BrNO/c1-14-10(7-8-12(14)13)9-15-11-5-3-2-4-6-11/h2-8H,9H2,1H3. The zero-order valence-corrected chi connectivity index (χ0v) is 10.1. The number of aromatic nitrogens is 1. The van der Waals surface area contributed by atoms with Crippen LogP contribution < -0.4 is 4.74 Å². The van der Waals surface area contributed by atoms with Crippen LogP contribution in [0.4, 0.5) is 0 Å². The Balaban J connectivity index is 2.02. The van der Waals surface area contributed by atoms with E-state index in [0.717, 1.165) is 16.0 Å². The Morgan fingerprint density at radius 1 is 1.13 bits per heavy atom. The van der Waals surface area contributed by atoms with Gasteiger partial charge in [-0.05, 0) is 40.2 Å². The van der Waals surface area contributed by atoms with Crippen LogP contribution >= 0.6 is 15.9 Å². The number of halogens is 1. The molecule has 2 rings (SSSR count). The zero-order valence-electron chi connectivity index (χ0n) is 8.48. The predicted octanol–water partition coefficient (Wildman–Crippen LogP) is 3.37. The van der Waals surface area contributed by atoms with Gasteiger partial charge in [0.2, 0.25) is 0 Å². The van der Waals surface area contributed by atoms with Crippen LogP contribution in [0.2, 0.25) is 0 Å². The normalized spacial score (nSPS) is 10.3. The summed E-state index contributed by atoms with van der Waals surface area (Å²) in [5, 5.41) is 0. The summed E-state index contributed by atoms with van der Waals surface area (Å²) in [6, 6.07) is 13.9. The van der Waals surface area contributed by atoms with Crippen LogP contribution in [0.25, 0.3) is 0 Å². The van der Waals surface area contributed by atoms with E-state index in [-0.39, 0.29) is 0 Å². The lowest BCUT2D eigenvalue weighted by Crippen LogP contribution is -2.01. The summed E-state index contributed by atoms with van der Waals surface area (Å²) in [4.78, 5) is 0. The van der Waals surface area contributed by atoms with Gasteiger partial charge in [-0.3, -0.25) is 0 Å². The van der Waals surface area contributed by atoms with Crippen molar-refractivity contribution in [2.45, 2.75) is 6.61 Å². The van der Waals surface area contributed by atoms with Crippen molar-refractivity contribution in [3.05, 3.63) is 52.8 Å². The van der Waals surface area contributed by atoms with Gasteiger partial charge in [0.05, 0.1) is 10.3 Å². The minimum absolute atomic E-state index is 0.589. The molecule has 2 aromatic rings. The highest BCUT2D eigenvalue weighted by atomic mass is 79.9. The van der Waals surface area contributed by atoms with Crippen LogP contribution in [0.3, 0.4) is 0 Å². The van der Waals surface area contributed by atoms with Crippen molar-refractivity contribution < 1.29 is 4.74 Å². The maximum atomic E-state index is 5.64. The van der Waals surface area contributed by atoms with Gasteiger partial charge >= 0.3 is 0 Å². The monoisotopic (exact) mass is 265 g/mol. The molecule has 0 aliphatic heterocycles. The van der Waals surface area contributed by atoms with Crippen LogP contribution in [0, 0.1) is 0 Å². The molecule has 0 N–H and O–H groups in total. The molecule has 15 heavy (non-hydrogen) atoms. The maximum absolute atomic E-state index is 5.64. The van der Waals surface area contributed by atoms with Gasteiger partial charge in [0, 0.05) is 7.05 Å². The molecular weight excluding hydrogens is 254 g/mol. The predicted molar refractivity (Wildman–Crippen MR) is 63.9 cm³/mol. The molecule has 0 bridgehead atoms. The summed E-state index contributed by atoms with van der Waals surface area (Å²) < 4.78 is 8.77. The molecule has 3 heteroatoms. The summed E-state index contributed by atoms with van der Waals surface area (Å²) in [5.74, 6) is 0.898. The first-order chi connectivity index (χ1) is 7.27. The molecule has 2 nitrogen and oxygen atoms in total. The number of hydrogen-bond acceptors (Lipinski definition) is 1. The first-order valence-electron chi connectivity index (χ1n) is 4.75. The molecule has 1 heterocycles. The second-order valence-corrected chi connectivity index (χ2v) is 4.12. The zero-order chi connectivity index (χ0) is 10.7. The molecule has 0 aliphatic rings. The van der Waals surface area contributed by atoms with Crippen molar-refractivity contribution in [1.29, 1.82) is 0 Å². The Hall–Kier alpha value is -1.22. The Bertz CT molecular complexity index is 436. The smallest absolute Gasteiger partial charge is 0.128 e. The molecule has 1 aromatic heterocycles. The molecule has 0 aliphatic carbocycles. The average molecular weight is 266 g/mol. The second kappa shape index (κ2) is 4.53. The van der Waals surface area contributed by atoms with Gasteiger partial charge in [0.25, 0.3) is 0 Å². The number of benzene rings is 1. The summed E-state index contributed by atoms with van der Waals surface area (Å²) >= 11 is 3.45. The molecule has 0 saturated carbocycles. The van der Waals surface area contributed by atoms with E-state index >= 15 is 0 Å². The third-order valence-corrected chi connectivity index (χ3v) is 3.09. The fourth-order valence-corrected chi connectivity index (χ4v) is 1.70. The lowest BCUT2D eigenvalue weighted by atomic mass is 10.3. The minimum Gasteiger partial charge on any atom is -0.487 e. The van der Waals surface area contributed by atoms with Gasteiger partial charge in [0.15, 0.2) is 0 Å². The van der Waals surface area contributed by atoms with Crippen LogP contribution in [-0.4, -0.2) is 4.57 Å². The van der Waals surface area contributed by atoms with Crippen molar-refractivity contribution in [2.24, 2.45) is 7.05 Å². The number of hydrogen-bond donors (Lipinski definition) is 0. The molecule has 0 spiro atoms. The molecule has 0 unspecified atom stereocenters. The van der Waals surface area contributed by atoms with Crippen molar-refractivity contribution in [2.75, 3.05) is 0 Å². The largest absolute Gasteiger partial charge is 0.487 e. The quantitative estimate of drug-likeness (QED) is 0.830. The summed E-state index contributed by atoms with van der Waals surface area (Å²) in [7, 11) is 2.01. The fraction of sp³-hybridized carbons (Fsp3) is 0.167. The Morgan fingerprint density at radius 3 is 2.47 bits per heavy atom. The summed E-state index contributed by atoms with van der Waals surface area (Å²) in [6.45, 7) is 0.589. The summed E-state index contributed by atoms with van der Waals surface area (Å²) in [5.41, 5.74) is 1.14. The van der Waals surface area contributed by atoms with Crippen molar-refractivity contribution >= 4 is 15.9 Å². The molecule has 0 saturated heterocycles. The van der Waals surface area contributed by atoms with Gasteiger partial charge in [-0.2, -0.15) is 0 Å². The maximum Gasteiger partial charge on any atom is 0.128 e. The van der Waals surface area contributed by atoms with Crippen LogP contribution in [-0.2, 0) is 13.7 Å². The molecule has 0 atom stereocenters. The SMILES string of the molecule is Cn1c(Br)ccc1COc1ccccc1. The van der Waals surface area contributed by atoms with Gasteiger partial charge in [0.1, 0.15) is 12.4 Å². The van der Waals surface area contributed by atoms with E-state index in [1.807, 2.05) is 49.5 Å². The molecule has 0 amide bonds. The number of para-hydroxylation sites is 1. The van der Waals surface area contributed by atoms with Crippen molar-refractivity contribution in [1.82, 2.24) is 4.57 Å². The Morgan fingerprint density at radius 2 is 1.87 bits per heavy atom. The number of ether oxygens (including phenoxy) is 1. The van der Waals surface area contributed by atoms with Crippen LogP contribution in [0.15, 0.2) is 47.1 Å². The number of rotatable bonds is 3. The van der Waals surface area contributed by atoms with E-state index in [0.29, 0.717) is 6.61 Å². The van der Waals surface area contributed by atoms with Crippen molar-refractivity contribution in [3.63, 3.8) is 0 Å². The average Bonchev–Trinajstić information content (AvgIpc) is 2.59. The highest BCUT2D eigenvalue weighted by Crippen LogP contribution is 2.16. The van der Waals surface area contributed by atoms with Crippen molar-refractivity contribution in [3.8, 4) is 5.75 Å². The lowest BCUT2D eigenvalue weighted by Gasteiger charge is -2.07. The number of nitrogens with zero attached hydrogens (tertiary/aromatic N) is 1. The third-order valence-electron chi connectivity index (χ3n) is 2.29. The van der Waals surface area contributed by atoms with Gasteiger partial charge in [-0.1, -0.05) is 18.2 Å². The van der Waals surface area contributed by atoms with Crippen LogP contribution in [0.5, 0.6) is 5.75 Å². The lowest BCUT2D eigenvalue weighted by molar-refractivity contribution is 0.297. The topological polar surface area (TPSA) is 14.2 Å². The summed E-state index contributed by atoms with van der Waals surface area (Å²) in [6.07, 6.45) is 0. The third kappa shape index (κ3) is 2.42. The van der Waals surface area contributed by atoms with Gasteiger partial charge in [-0.15, -0.1) is 0 Å². The first kappa shape index (κ1) is 10.3.